The summed E-state index contributed by atoms with van der Waals surface area (Å²) in [6.07, 6.45) is 11.5. The molecule has 1 aromatic heterocycles. The van der Waals surface area contributed by atoms with E-state index in [-0.39, 0.29) is 5.91 Å². The molecule has 0 N–H and O–H groups in total. The van der Waals surface area contributed by atoms with E-state index in [1.807, 2.05) is 15.8 Å². The van der Waals surface area contributed by atoms with Gasteiger partial charge in [0.1, 0.15) is 0 Å². The largest absolute Gasteiger partial charge is 0.337 e. The molecule has 1 unspecified atom stereocenters. The SMILES string of the molecule is Cc1ccccc1C1CCCN(C(=O)c2cn(C3CCCCCC3)nn2)C1. The predicted molar refractivity (Wildman–Crippen MR) is 106 cm³/mol. The Morgan fingerprint density at radius 3 is 2.59 bits per heavy atom. The van der Waals surface area contributed by atoms with Gasteiger partial charge < -0.3 is 4.90 Å². The van der Waals surface area contributed by atoms with Gasteiger partial charge in [-0.25, -0.2) is 4.68 Å². The minimum Gasteiger partial charge on any atom is -0.337 e. The number of aryl methyl sites for hydroxylation is 1. The summed E-state index contributed by atoms with van der Waals surface area (Å²) in [5, 5.41) is 8.54. The number of nitrogens with zero attached hydrogens (tertiary/aromatic N) is 4. The lowest BCUT2D eigenvalue weighted by atomic mass is 9.88. The molecule has 0 radical (unpaired) electrons. The molecule has 1 saturated heterocycles. The van der Waals surface area contributed by atoms with E-state index in [1.54, 1.807) is 0 Å². The molecule has 1 aliphatic heterocycles. The lowest BCUT2D eigenvalue weighted by Gasteiger charge is -2.33. The van der Waals surface area contributed by atoms with Gasteiger partial charge in [-0.2, -0.15) is 0 Å². The molecule has 27 heavy (non-hydrogen) atoms. The molecule has 5 nitrogen and oxygen atoms in total. The third-order valence-electron chi connectivity index (χ3n) is 6.27. The molecular formula is C22H30N4O. The quantitative estimate of drug-likeness (QED) is 0.752. The molecule has 0 bridgehead atoms. The molecule has 0 spiro atoms. The minimum atomic E-state index is 0.0353. The summed E-state index contributed by atoms with van der Waals surface area (Å²) in [6, 6.07) is 8.95. The fourth-order valence-electron chi connectivity index (χ4n) is 4.70. The molecule has 5 heteroatoms. The lowest BCUT2D eigenvalue weighted by molar-refractivity contribution is 0.0700. The van der Waals surface area contributed by atoms with Gasteiger partial charge in [-0.3, -0.25) is 4.79 Å². The van der Waals surface area contributed by atoms with Crippen LogP contribution in [-0.4, -0.2) is 38.9 Å². The van der Waals surface area contributed by atoms with Crippen LogP contribution in [0.15, 0.2) is 30.5 Å². The van der Waals surface area contributed by atoms with E-state index in [1.165, 1.54) is 36.8 Å². The van der Waals surface area contributed by atoms with Crippen LogP contribution in [0.4, 0.5) is 0 Å². The zero-order valence-electron chi connectivity index (χ0n) is 16.3. The monoisotopic (exact) mass is 366 g/mol. The van der Waals surface area contributed by atoms with E-state index in [0.717, 1.165) is 38.8 Å². The normalized spacial score (nSPS) is 21.8. The Balaban J connectivity index is 1.45. The molecule has 1 atom stereocenters. The van der Waals surface area contributed by atoms with Crippen LogP contribution >= 0.6 is 0 Å². The summed E-state index contributed by atoms with van der Waals surface area (Å²) in [4.78, 5) is 15.0. The molecule has 4 rings (SSSR count). The number of amides is 1. The van der Waals surface area contributed by atoms with Crippen LogP contribution < -0.4 is 0 Å². The third kappa shape index (κ3) is 4.07. The van der Waals surface area contributed by atoms with Gasteiger partial charge in [-0.15, -0.1) is 5.10 Å². The highest BCUT2D eigenvalue weighted by molar-refractivity contribution is 5.92. The van der Waals surface area contributed by atoms with E-state index < -0.39 is 0 Å². The van der Waals surface area contributed by atoms with Crippen LogP contribution in [0.25, 0.3) is 0 Å². The van der Waals surface area contributed by atoms with Crippen LogP contribution in [0.5, 0.6) is 0 Å². The van der Waals surface area contributed by atoms with Gasteiger partial charge in [0.25, 0.3) is 5.91 Å². The van der Waals surface area contributed by atoms with Gasteiger partial charge in [-0.05, 0) is 43.7 Å². The average Bonchev–Trinajstić information content (AvgIpc) is 3.03. The van der Waals surface area contributed by atoms with Crippen molar-refractivity contribution < 1.29 is 4.79 Å². The molecule has 2 fully saturated rings. The number of benzene rings is 1. The van der Waals surface area contributed by atoms with Crippen molar-refractivity contribution in [3.63, 3.8) is 0 Å². The molecule has 2 aliphatic rings. The minimum absolute atomic E-state index is 0.0353. The molecule has 2 heterocycles. The summed E-state index contributed by atoms with van der Waals surface area (Å²) < 4.78 is 1.95. The van der Waals surface area contributed by atoms with Crippen molar-refractivity contribution in [2.24, 2.45) is 0 Å². The maximum absolute atomic E-state index is 13.0. The highest BCUT2D eigenvalue weighted by atomic mass is 16.2. The van der Waals surface area contributed by atoms with Crippen LogP contribution in [0.1, 0.15) is 84.9 Å². The van der Waals surface area contributed by atoms with E-state index in [4.69, 9.17) is 0 Å². The Hall–Kier alpha value is -2.17. The number of carbonyl (C=O) groups is 1. The summed E-state index contributed by atoms with van der Waals surface area (Å²) in [6.45, 7) is 3.76. The molecular weight excluding hydrogens is 336 g/mol. The standard InChI is InChI=1S/C22H30N4O/c1-17-9-6-7-13-20(17)18-10-8-14-25(15-18)22(27)21-16-26(24-23-21)19-11-4-2-3-5-12-19/h6-7,9,13,16,18-19H,2-5,8,10-12,14-15H2,1H3. The molecule has 1 aromatic carbocycles. The lowest BCUT2D eigenvalue weighted by Crippen LogP contribution is -2.39. The van der Waals surface area contributed by atoms with Gasteiger partial charge in [-0.1, -0.05) is 55.2 Å². The molecule has 1 saturated carbocycles. The molecule has 1 aliphatic carbocycles. The maximum atomic E-state index is 13.0. The number of hydrogen-bond donors (Lipinski definition) is 0. The first kappa shape index (κ1) is 18.2. The Morgan fingerprint density at radius 2 is 1.81 bits per heavy atom. The predicted octanol–water partition coefficient (Wildman–Crippen LogP) is 4.50. The number of hydrogen-bond acceptors (Lipinski definition) is 3. The second kappa shape index (κ2) is 8.24. The first-order valence-corrected chi connectivity index (χ1v) is 10.5. The van der Waals surface area contributed by atoms with E-state index >= 15 is 0 Å². The van der Waals surface area contributed by atoms with Crippen LogP contribution in [0, 0.1) is 6.92 Å². The topological polar surface area (TPSA) is 51.0 Å². The van der Waals surface area contributed by atoms with E-state index in [9.17, 15) is 4.79 Å². The number of likely N-dealkylation sites (tertiary alicyclic amines) is 1. The van der Waals surface area contributed by atoms with Gasteiger partial charge in [0, 0.05) is 19.0 Å². The van der Waals surface area contributed by atoms with Gasteiger partial charge in [0.2, 0.25) is 0 Å². The Bertz CT molecular complexity index is 776. The zero-order valence-corrected chi connectivity index (χ0v) is 16.3. The average molecular weight is 367 g/mol. The molecule has 2 aromatic rings. The summed E-state index contributed by atoms with van der Waals surface area (Å²) in [7, 11) is 0. The summed E-state index contributed by atoms with van der Waals surface area (Å²) in [5.74, 6) is 0.453. The number of carbonyl (C=O) groups excluding carboxylic acids is 1. The van der Waals surface area contributed by atoms with Gasteiger partial charge in [0.15, 0.2) is 5.69 Å². The van der Waals surface area contributed by atoms with E-state index in [0.29, 0.717) is 17.7 Å². The highest BCUT2D eigenvalue weighted by Gasteiger charge is 2.28. The van der Waals surface area contributed by atoms with Gasteiger partial charge in [0.05, 0.1) is 12.2 Å². The fourth-order valence-corrected chi connectivity index (χ4v) is 4.70. The highest BCUT2D eigenvalue weighted by Crippen LogP contribution is 2.30. The summed E-state index contributed by atoms with van der Waals surface area (Å²) in [5.41, 5.74) is 3.19. The number of piperidine rings is 1. The third-order valence-corrected chi connectivity index (χ3v) is 6.27. The zero-order chi connectivity index (χ0) is 18.6. The maximum Gasteiger partial charge on any atom is 0.276 e. The Morgan fingerprint density at radius 1 is 1.04 bits per heavy atom. The first-order valence-electron chi connectivity index (χ1n) is 10.5. The van der Waals surface area contributed by atoms with Crippen molar-refractivity contribution >= 4 is 5.91 Å². The van der Waals surface area contributed by atoms with Crippen molar-refractivity contribution in [3.05, 3.63) is 47.3 Å². The number of aromatic nitrogens is 3. The van der Waals surface area contributed by atoms with Crippen molar-refractivity contribution in [2.45, 2.75) is 70.3 Å². The Labute approximate surface area is 161 Å². The van der Waals surface area contributed by atoms with Crippen LogP contribution in [0.2, 0.25) is 0 Å². The second-order valence-electron chi connectivity index (χ2n) is 8.18. The Kier molecular flexibility index (Phi) is 5.55. The molecule has 144 valence electrons. The van der Waals surface area contributed by atoms with E-state index in [2.05, 4.69) is 41.5 Å². The molecule has 1 amide bonds. The van der Waals surface area contributed by atoms with Crippen molar-refractivity contribution in [1.82, 2.24) is 19.9 Å². The van der Waals surface area contributed by atoms with Crippen molar-refractivity contribution in [2.75, 3.05) is 13.1 Å². The second-order valence-corrected chi connectivity index (χ2v) is 8.18. The number of rotatable bonds is 3. The first-order chi connectivity index (χ1) is 13.2. The fraction of sp³-hybridized carbons (Fsp3) is 0.591. The van der Waals surface area contributed by atoms with Crippen molar-refractivity contribution in [1.29, 1.82) is 0 Å². The van der Waals surface area contributed by atoms with Crippen LogP contribution in [-0.2, 0) is 0 Å². The van der Waals surface area contributed by atoms with Crippen molar-refractivity contribution in [3.8, 4) is 0 Å². The van der Waals surface area contributed by atoms with Crippen LogP contribution in [0.3, 0.4) is 0 Å². The van der Waals surface area contributed by atoms with Gasteiger partial charge >= 0.3 is 0 Å². The smallest absolute Gasteiger partial charge is 0.276 e. The summed E-state index contributed by atoms with van der Waals surface area (Å²) >= 11 is 0.